The summed E-state index contributed by atoms with van der Waals surface area (Å²) in [5, 5.41) is 9.08. The minimum absolute atomic E-state index is 0.139. The second kappa shape index (κ2) is 7.27. The predicted octanol–water partition coefficient (Wildman–Crippen LogP) is 1.51. The van der Waals surface area contributed by atoms with Crippen LogP contribution in [0.4, 0.5) is 0 Å². The molecule has 0 aromatic carbocycles. The second-order valence-electron chi connectivity index (χ2n) is 4.30. The van der Waals surface area contributed by atoms with E-state index in [2.05, 4.69) is 0 Å². The average Bonchev–Trinajstić information content (AvgIpc) is 2.24. The summed E-state index contributed by atoms with van der Waals surface area (Å²) in [5.41, 5.74) is -1.16. The van der Waals surface area contributed by atoms with Gasteiger partial charge in [-0.05, 0) is 34.1 Å². The van der Waals surface area contributed by atoms with E-state index in [0.717, 1.165) is 0 Å². The molecular formula is C12H23NO4. The first-order valence-corrected chi connectivity index (χ1v) is 5.99. The maximum Gasteiger partial charge on any atom is 0.329 e. The number of likely N-dealkylation sites (N-methyl/N-ethyl adjacent to an activating group) is 1. The van der Waals surface area contributed by atoms with E-state index in [1.54, 1.807) is 20.8 Å². The summed E-state index contributed by atoms with van der Waals surface area (Å²) in [5.74, 6) is -1.13. The molecule has 100 valence electrons. The fourth-order valence-electron chi connectivity index (χ4n) is 1.60. The van der Waals surface area contributed by atoms with Crippen molar-refractivity contribution in [3.05, 3.63) is 0 Å². The van der Waals surface area contributed by atoms with Crippen molar-refractivity contribution < 1.29 is 19.4 Å². The second-order valence-corrected chi connectivity index (χ2v) is 4.30. The molecule has 5 nitrogen and oxygen atoms in total. The molecule has 0 rings (SSSR count). The predicted molar refractivity (Wildman–Crippen MR) is 64.8 cm³/mol. The number of carboxylic acid groups (broad SMARTS) is 1. The first-order chi connectivity index (χ1) is 7.87. The lowest BCUT2D eigenvalue weighted by atomic mass is 10.0. The summed E-state index contributed by atoms with van der Waals surface area (Å²) in [6, 6.07) is 0. The number of carboxylic acids is 1. The molecule has 0 atom stereocenters. The Morgan fingerprint density at radius 3 is 2.29 bits per heavy atom. The maximum atomic E-state index is 11.9. The van der Waals surface area contributed by atoms with Crippen LogP contribution in [-0.2, 0) is 14.3 Å². The Bertz CT molecular complexity index is 263. The monoisotopic (exact) mass is 245 g/mol. The van der Waals surface area contributed by atoms with Crippen molar-refractivity contribution in [2.24, 2.45) is 0 Å². The molecule has 0 aromatic heterocycles. The van der Waals surface area contributed by atoms with Crippen molar-refractivity contribution in [2.75, 3.05) is 19.8 Å². The van der Waals surface area contributed by atoms with Crippen molar-refractivity contribution in [2.45, 2.75) is 46.1 Å². The molecule has 0 bridgehead atoms. The Morgan fingerprint density at radius 1 is 1.29 bits per heavy atom. The number of aliphatic carboxylic acids is 1. The van der Waals surface area contributed by atoms with Gasteiger partial charge in [-0.1, -0.05) is 0 Å². The van der Waals surface area contributed by atoms with Crippen molar-refractivity contribution >= 4 is 11.9 Å². The molecule has 17 heavy (non-hydrogen) atoms. The number of carbonyl (C=O) groups excluding carboxylic acids is 1. The quantitative estimate of drug-likeness (QED) is 0.658. The summed E-state index contributed by atoms with van der Waals surface area (Å²) in [6.07, 6.45) is 0.948. The van der Waals surface area contributed by atoms with Crippen molar-refractivity contribution in [1.29, 1.82) is 0 Å². The average molecular weight is 245 g/mol. The van der Waals surface area contributed by atoms with Crippen molar-refractivity contribution in [3.8, 4) is 0 Å². The summed E-state index contributed by atoms with van der Waals surface area (Å²) in [4.78, 5) is 24.4. The number of hydrogen-bond donors (Lipinski definition) is 1. The minimum atomic E-state index is -1.16. The first kappa shape index (κ1) is 15.9. The highest BCUT2D eigenvalue weighted by atomic mass is 16.5. The van der Waals surface area contributed by atoms with E-state index in [9.17, 15) is 9.59 Å². The van der Waals surface area contributed by atoms with Gasteiger partial charge in [0.05, 0.1) is 0 Å². The van der Waals surface area contributed by atoms with Gasteiger partial charge in [-0.3, -0.25) is 4.79 Å². The van der Waals surface area contributed by atoms with E-state index in [-0.39, 0.29) is 5.91 Å². The van der Waals surface area contributed by atoms with Gasteiger partial charge >= 0.3 is 5.97 Å². The molecule has 1 amide bonds. The van der Waals surface area contributed by atoms with Crippen LogP contribution in [0.5, 0.6) is 0 Å². The first-order valence-electron chi connectivity index (χ1n) is 5.99. The van der Waals surface area contributed by atoms with Crippen LogP contribution in [-0.4, -0.2) is 47.2 Å². The molecule has 0 aliphatic rings. The lowest BCUT2D eigenvalue weighted by Crippen LogP contribution is -2.52. The van der Waals surface area contributed by atoms with Gasteiger partial charge in [0.15, 0.2) is 0 Å². The zero-order chi connectivity index (χ0) is 13.5. The zero-order valence-electron chi connectivity index (χ0n) is 11.2. The van der Waals surface area contributed by atoms with Crippen LogP contribution in [0, 0.1) is 0 Å². The number of nitrogens with zero attached hydrogens (tertiary/aromatic N) is 1. The van der Waals surface area contributed by atoms with Crippen LogP contribution in [0.15, 0.2) is 0 Å². The summed E-state index contributed by atoms with van der Waals surface area (Å²) < 4.78 is 5.14. The molecule has 0 spiro atoms. The number of rotatable bonds is 8. The third kappa shape index (κ3) is 4.73. The number of amides is 1. The Balaban J connectivity index is 4.36. The third-order valence-electron chi connectivity index (χ3n) is 2.70. The molecule has 0 fully saturated rings. The fraction of sp³-hybridized carbons (Fsp3) is 0.833. The van der Waals surface area contributed by atoms with Crippen LogP contribution in [0.1, 0.15) is 40.5 Å². The Hall–Kier alpha value is -1.10. The third-order valence-corrected chi connectivity index (χ3v) is 2.70. The fourth-order valence-corrected chi connectivity index (χ4v) is 1.60. The lowest BCUT2D eigenvalue weighted by molar-refractivity contribution is -0.156. The van der Waals surface area contributed by atoms with Crippen LogP contribution in [0.3, 0.4) is 0 Å². The van der Waals surface area contributed by atoms with E-state index in [1.165, 1.54) is 4.90 Å². The maximum absolute atomic E-state index is 11.9. The minimum Gasteiger partial charge on any atom is -0.480 e. The van der Waals surface area contributed by atoms with Crippen LogP contribution >= 0.6 is 0 Å². The highest BCUT2D eigenvalue weighted by molar-refractivity contribution is 5.86. The summed E-state index contributed by atoms with van der Waals surface area (Å²) in [7, 11) is 0. The number of hydrogen-bond acceptors (Lipinski definition) is 3. The number of ether oxygens (including phenoxy) is 1. The van der Waals surface area contributed by atoms with Crippen LogP contribution in [0.2, 0.25) is 0 Å². The molecule has 0 aliphatic heterocycles. The molecule has 0 saturated heterocycles. The molecule has 0 heterocycles. The van der Waals surface area contributed by atoms with Crippen molar-refractivity contribution in [3.63, 3.8) is 0 Å². The summed E-state index contributed by atoms with van der Waals surface area (Å²) >= 11 is 0. The van der Waals surface area contributed by atoms with E-state index >= 15 is 0 Å². The molecule has 0 radical (unpaired) electrons. The van der Waals surface area contributed by atoms with Gasteiger partial charge in [0, 0.05) is 26.2 Å². The van der Waals surface area contributed by atoms with Gasteiger partial charge in [0.2, 0.25) is 5.91 Å². The largest absolute Gasteiger partial charge is 0.480 e. The Morgan fingerprint density at radius 2 is 1.88 bits per heavy atom. The van der Waals surface area contributed by atoms with Crippen LogP contribution < -0.4 is 0 Å². The van der Waals surface area contributed by atoms with Crippen molar-refractivity contribution in [1.82, 2.24) is 4.90 Å². The molecular weight excluding hydrogens is 222 g/mol. The highest BCUT2D eigenvalue weighted by Crippen LogP contribution is 2.16. The zero-order valence-corrected chi connectivity index (χ0v) is 11.2. The topological polar surface area (TPSA) is 66.8 Å². The molecule has 0 aromatic rings. The normalized spacial score (nSPS) is 11.3. The SMILES string of the molecule is CCOCCCC(=O)N(CC)C(C)(C)C(=O)O. The van der Waals surface area contributed by atoms with E-state index in [0.29, 0.717) is 32.6 Å². The summed E-state index contributed by atoms with van der Waals surface area (Å²) in [6.45, 7) is 8.32. The van der Waals surface area contributed by atoms with Gasteiger partial charge < -0.3 is 14.7 Å². The van der Waals surface area contributed by atoms with E-state index < -0.39 is 11.5 Å². The van der Waals surface area contributed by atoms with Crippen LogP contribution in [0.25, 0.3) is 0 Å². The highest BCUT2D eigenvalue weighted by Gasteiger charge is 2.36. The molecule has 5 heteroatoms. The van der Waals surface area contributed by atoms with E-state index in [1.807, 2.05) is 6.92 Å². The molecule has 1 N–H and O–H groups in total. The van der Waals surface area contributed by atoms with E-state index in [4.69, 9.17) is 9.84 Å². The molecule has 0 unspecified atom stereocenters. The molecule has 0 saturated carbocycles. The van der Waals surface area contributed by atoms with Gasteiger partial charge in [-0.25, -0.2) is 4.79 Å². The van der Waals surface area contributed by atoms with Gasteiger partial charge in [-0.15, -0.1) is 0 Å². The standard InChI is InChI=1S/C12H23NO4/c1-5-13(12(3,4)11(15)16)10(14)8-7-9-17-6-2/h5-9H2,1-4H3,(H,15,16). The number of carbonyl (C=O) groups is 2. The van der Waals surface area contributed by atoms with Gasteiger partial charge in [0.25, 0.3) is 0 Å². The molecule has 0 aliphatic carbocycles. The lowest BCUT2D eigenvalue weighted by Gasteiger charge is -2.34. The Labute approximate surface area is 103 Å². The smallest absolute Gasteiger partial charge is 0.329 e. The van der Waals surface area contributed by atoms with Gasteiger partial charge in [0.1, 0.15) is 5.54 Å². The Kier molecular flexibility index (Phi) is 6.80. The van der Waals surface area contributed by atoms with Gasteiger partial charge in [-0.2, -0.15) is 0 Å².